The predicted octanol–water partition coefficient (Wildman–Crippen LogP) is 3.11. The van der Waals surface area contributed by atoms with Crippen LogP contribution >= 0.6 is 24.0 Å². The van der Waals surface area contributed by atoms with E-state index >= 15 is 0 Å². The molecule has 1 aliphatic carbocycles. The summed E-state index contributed by atoms with van der Waals surface area (Å²) in [4.78, 5) is 4.19. The first-order chi connectivity index (χ1) is 11.9. The molecule has 2 N–H and O–H groups in total. The molecule has 156 valence electrons. The third-order valence-corrected chi connectivity index (χ3v) is 5.52. The van der Waals surface area contributed by atoms with Crippen molar-refractivity contribution >= 4 is 39.8 Å². The highest BCUT2D eigenvalue weighted by Crippen LogP contribution is 2.20. The zero-order chi connectivity index (χ0) is 18.5. The molecule has 0 aliphatic heterocycles. The Labute approximate surface area is 177 Å². The van der Waals surface area contributed by atoms with E-state index in [1.165, 1.54) is 38.4 Å². The summed E-state index contributed by atoms with van der Waals surface area (Å²) in [6, 6.07) is 0.0739. The van der Waals surface area contributed by atoms with Crippen molar-refractivity contribution in [1.82, 2.24) is 10.6 Å². The molecule has 0 aromatic rings. The second-order valence-corrected chi connectivity index (χ2v) is 9.41. The van der Waals surface area contributed by atoms with Gasteiger partial charge in [-0.15, -0.1) is 24.0 Å². The number of unbranched alkanes of at least 4 members (excludes halogenated alkanes) is 2. The van der Waals surface area contributed by atoms with Crippen molar-refractivity contribution in [2.45, 2.75) is 76.9 Å². The predicted molar refractivity (Wildman–Crippen MR) is 120 cm³/mol. The van der Waals surface area contributed by atoms with Gasteiger partial charge in [0.2, 0.25) is 0 Å². The molecule has 1 unspecified atom stereocenters. The lowest BCUT2D eigenvalue weighted by Gasteiger charge is -2.22. The van der Waals surface area contributed by atoms with Gasteiger partial charge in [0.25, 0.3) is 0 Å². The van der Waals surface area contributed by atoms with Gasteiger partial charge in [-0.05, 0) is 45.4 Å². The fraction of sp³-hybridized carbons (Fsp3) is 0.944. The first kappa shape index (κ1) is 25.9. The number of aliphatic imine (C=N–C) groups is 1. The summed E-state index contributed by atoms with van der Waals surface area (Å²) in [6.45, 7) is 3.71. The van der Waals surface area contributed by atoms with Crippen LogP contribution in [0.5, 0.6) is 0 Å². The van der Waals surface area contributed by atoms with E-state index in [0.717, 1.165) is 38.4 Å². The molecule has 26 heavy (non-hydrogen) atoms. The van der Waals surface area contributed by atoms with Crippen molar-refractivity contribution in [3.8, 4) is 0 Å². The van der Waals surface area contributed by atoms with Crippen molar-refractivity contribution in [3.63, 3.8) is 0 Å². The third kappa shape index (κ3) is 14.0. The number of halogens is 1. The van der Waals surface area contributed by atoms with Gasteiger partial charge in [0.05, 0.1) is 11.9 Å². The molecule has 1 aliphatic rings. The van der Waals surface area contributed by atoms with Crippen LogP contribution in [0.25, 0.3) is 0 Å². The van der Waals surface area contributed by atoms with Crippen molar-refractivity contribution in [2.75, 3.05) is 32.2 Å². The third-order valence-electron chi connectivity index (χ3n) is 4.55. The van der Waals surface area contributed by atoms with Gasteiger partial charge >= 0.3 is 0 Å². The lowest BCUT2D eigenvalue weighted by Crippen LogP contribution is -2.43. The second-order valence-electron chi connectivity index (χ2n) is 7.15. The molecule has 0 amide bonds. The van der Waals surface area contributed by atoms with Gasteiger partial charge in [0, 0.05) is 32.5 Å². The minimum Gasteiger partial charge on any atom is -0.378 e. The van der Waals surface area contributed by atoms with Crippen LogP contribution in [0.4, 0.5) is 0 Å². The highest BCUT2D eigenvalue weighted by molar-refractivity contribution is 14.0. The Morgan fingerprint density at radius 3 is 2.50 bits per heavy atom. The highest BCUT2D eigenvalue weighted by atomic mass is 127. The number of nitrogens with one attached hydrogen (secondary N) is 2. The first-order valence-corrected chi connectivity index (χ1v) is 11.7. The fourth-order valence-electron chi connectivity index (χ4n) is 2.98. The van der Waals surface area contributed by atoms with Crippen LogP contribution in [0.2, 0.25) is 0 Å². The Hall–Kier alpha value is -0.0900. The number of ether oxygens (including phenoxy) is 1. The summed E-state index contributed by atoms with van der Waals surface area (Å²) in [7, 11) is -1.18. The zero-order valence-electron chi connectivity index (χ0n) is 16.6. The standard InChI is InChI=1S/C18H37N3O3S.HI/c1-16(12-15-25(3,22)23)21-18(19-2)20-13-8-5-9-14-24-17-10-6-4-7-11-17;/h16-17H,4-15H2,1-3H3,(H2,19,20,21);1H. The lowest BCUT2D eigenvalue weighted by atomic mass is 9.98. The molecule has 0 aromatic heterocycles. The quantitative estimate of drug-likeness (QED) is 0.196. The van der Waals surface area contributed by atoms with Crippen LogP contribution in [0.15, 0.2) is 4.99 Å². The summed E-state index contributed by atoms with van der Waals surface area (Å²) in [5.41, 5.74) is 0. The molecular weight excluding hydrogens is 465 g/mol. The van der Waals surface area contributed by atoms with Crippen LogP contribution in [-0.2, 0) is 14.6 Å². The van der Waals surface area contributed by atoms with E-state index in [1.807, 2.05) is 6.92 Å². The van der Waals surface area contributed by atoms with Gasteiger partial charge in [-0.3, -0.25) is 4.99 Å². The number of nitrogens with zero attached hydrogens (tertiary/aromatic N) is 1. The van der Waals surface area contributed by atoms with Gasteiger partial charge in [0.1, 0.15) is 9.84 Å². The van der Waals surface area contributed by atoms with Crippen molar-refractivity contribution in [2.24, 2.45) is 4.99 Å². The van der Waals surface area contributed by atoms with Gasteiger partial charge in [-0.2, -0.15) is 0 Å². The van der Waals surface area contributed by atoms with Crippen LogP contribution in [0.3, 0.4) is 0 Å². The second kappa shape index (κ2) is 14.9. The van der Waals surface area contributed by atoms with E-state index in [9.17, 15) is 8.42 Å². The molecule has 1 saturated carbocycles. The molecule has 1 atom stereocenters. The minimum atomic E-state index is -2.91. The monoisotopic (exact) mass is 503 g/mol. The minimum absolute atomic E-state index is 0. The Morgan fingerprint density at radius 2 is 1.88 bits per heavy atom. The summed E-state index contributed by atoms with van der Waals surface area (Å²) in [5.74, 6) is 0.929. The molecule has 0 heterocycles. The SMILES string of the molecule is CN=C(NCCCCCOC1CCCCC1)NC(C)CCS(C)(=O)=O.I. The summed E-state index contributed by atoms with van der Waals surface area (Å²) < 4.78 is 28.3. The summed E-state index contributed by atoms with van der Waals surface area (Å²) in [6.07, 6.45) is 12.2. The van der Waals surface area contributed by atoms with Crippen LogP contribution in [-0.4, -0.2) is 58.7 Å². The van der Waals surface area contributed by atoms with E-state index in [0.29, 0.717) is 12.5 Å². The van der Waals surface area contributed by atoms with E-state index in [1.54, 1.807) is 7.05 Å². The van der Waals surface area contributed by atoms with Gasteiger partial charge in [0.15, 0.2) is 5.96 Å². The molecule has 0 bridgehead atoms. The number of rotatable bonds is 11. The van der Waals surface area contributed by atoms with Gasteiger partial charge in [-0.1, -0.05) is 19.3 Å². The maximum Gasteiger partial charge on any atom is 0.191 e. The normalized spacial score (nSPS) is 17.4. The Bertz CT molecular complexity index is 480. The van der Waals surface area contributed by atoms with Crippen molar-refractivity contribution in [1.29, 1.82) is 0 Å². The van der Waals surface area contributed by atoms with E-state index in [-0.39, 0.29) is 35.8 Å². The average molecular weight is 503 g/mol. The van der Waals surface area contributed by atoms with E-state index < -0.39 is 9.84 Å². The number of hydrogen-bond acceptors (Lipinski definition) is 4. The molecule has 1 fully saturated rings. The van der Waals surface area contributed by atoms with Crippen molar-refractivity contribution in [3.05, 3.63) is 0 Å². The smallest absolute Gasteiger partial charge is 0.191 e. The highest BCUT2D eigenvalue weighted by Gasteiger charge is 2.13. The van der Waals surface area contributed by atoms with Crippen LogP contribution in [0, 0.1) is 0 Å². The maximum atomic E-state index is 11.2. The van der Waals surface area contributed by atoms with E-state index in [4.69, 9.17) is 4.74 Å². The molecule has 0 aromatic carbocycles. The average Bonchev–Trinajstić information content (AvgIpc) is 2.58. The number of guanidine groups is 1. The maximum absolute atomic E-state index is 11.2. The molecular formula is C18H38IN3O3S. The van der Waals surface area contributed by atoms with Crippen LogP contribution in [0.1, 0.15) is 64.7 Å². The van der Waals surface area contributed by atoms with E-state index in [2.05, 4.69) is 15.6 Å². The lowest BCUT2D eigenvalue weighted by molar-refractivity contribution is 0.0264. The first-order valence-electron chi connectivity index (χ1n) is 9.67. The summed E-state index contributed by atoms with van der Waals surface area (Å²) in [5, 5.41) is 6.52. The number of sulfone groups is 1. The Morgan fingerprint density at radius 1 is 1.19 bits per heavy atom. The fourth-order valence-corrected chi connectivity index (χ4v) is 3.77. The molecule has 8 heteroatoms. The largest absolute Gasteiger partial charge is 0.378 e. The molecule has 0 spiro atoms. The molecule has 6 nitrogen and oxygen atoms in total. The number of hydrogen-bond donors (Lipinski definition) is 2. The molecule has 1 rings (SSSR count). The van der Waals surface area contributed by atoms with Gasteiger partial charge < -0.3 is 15.4 Å². The summed E-state index contributed by atoms with van der Waals surface area (Å²) >= 11 is 0. The Balaban J connectivity index is 0.00000625. The van der Waals surface area contributed by atoms with Crippen molar-refractivity contribution < 1.29 is 13.2 Å². The topological polar surface area (TPSA) is 79.8 Å². The van der Waals surface area contributed by atoms with Crippen LogP contribution < -0.4 is 10.6 Å². The van der Waals surface area contributed by atoms with Gasteiger partial charge in [-0.25, -0.2) is 8.42 Å². The molecule has 0 saturated heterocycles. The Kier molecular flexibility index (Phi) is 14.9. The molecule has 0 radical (unpaired) electrons. The zero-order valence-corrected chi connectivity index (χ0v) is 19.8.